The number of nitrogens with one attached hydrogen (secondary N) is 1. The van der Waals surface area contributed by atoms with Crippen LogP contribution in [0, 0.1) is 11.8 Å². The predicted octanol–water partition coefficient (Wildman–Crippen LogP) is 2.40. The van der Waals surface area contributed by atoms with Crippen molar-refractivity contribution in [2.45, 2.75) is 52.0 Å². The molecule has 0 aliphatic heterocycles. The van der Waals surface area contributed by atoms with Crippen LogP contribution in [0.15, 0.2) is 0 Å². The molecule has 1 fully saturated rings. The maximum atomic E-state index is 11.5. The van der Waals surface area contributed by atoms with Crippen molar-refractivity contribution < 1.29 is 19.4 Å². The maximum Gasteiger partial charge on any atom is 0.407 e. The first-order valence-electron chi connectivity index (χ1n) is 6.66. The topological polar surface area (TPSA) is 75.6 Å². The van der Waals surface area contributed by atoms with Crippen LogP contribution < -0.4 is 5.32 Å². The van der Waals surface area contributed by atoms with E-state index in [2.05, 4.69) is 5.32 Å². The molecule has 0 aromatic heterocycles. The van der Waals surface area contributed by atoms with Crippen molar-refractivity contribution in [3.63, 3.8) is 0 Å². The first-order chi connectivity index (χ1) is 8.50. The molecule has 5 heteroatoms. The summed E-state index contributed by atoms with van der Waals surface area (Å²) in [6.45, 7) is 4.18. The molecule has 0 radical (unpaired) electrons. The van der Waals surface area contributed by atoms with Gasteiger partial charge in [0.25, 0.3) is 0 Å². The second-order valence-corrected chi connectivity index (χ2v) is 5.35. The van der Waals surface area contributed by atoms with Crippen molar-refractivity contribution in [2.24, 2.45) is 11.8 Å². The largest absolute Gasteiger partial charge is 0.480 e. The third kappa shape index (κ3) is 4.94. The van der Waals surface area contributed by atoms with Crippen LogP contribution in [0.3, 0.4) is 0 Å². The van der Waals surface area contributed by atoms with Crippen molar-refractivity contribution in [1.82, 2.24) is 5.32 Å². The van der Waals surface area contributed by atoms with E-state index in [0.29, 0.717) is 6.61 Å². The van der Waals surface area contributed by atoms with Crippen molar-refractivity contribution >= 4 is 12.1 Å². The predicted molar refractivity (Wildman–Crippen MR) is 67.3 cm³/mol. The molecule has 1 rings (SSSR count). The van der Waals surface area contributed by atoms with Gasteiger partial charge >= 0.3 is 12.1 Å². The highest BCUT2D eigenvalue weighted by molar-refractivity contribution is 5.80. The van der Waals surface area contributed by atoms with Gasteiger partial charge in [-0.05, 0) is 24.7 Å². The highest BCUT2D eigenvalue weighted by Crippen LogP contribution is 2.26. The Balaban J connectivity index is 2.46. The molecule has 104 valence electrons. The van der Waals surface area contributed by atoms with Crippen LogP contribution in [0.2, 0.25) is 0 Å². The zero-order valence-electron chi connectivity index (χ0n) is 11.1. The Hall–Kier alpha value is -1.26. The fourth-order valence-corrected chi connectivity index (χ4v) is 2.26. The molecule has 0 aromatic carbocycles. The van der Waals surface area contributed by atoms with Gasteiger partial charge in [-0.1, -0.05) is 33.1 Å². The fourth-order valence-electron chi connectivity index (χ4n) is 2.26. The number of carboxylic acid groups (broad SMARTS) is 1. The van der Waals surface area contributed by atoms with E-state index in [4.69, 9.17) is 4.74 Å². The third-order valence-corrected chi connectivity index (χ3v) is 3.21. The van der Waals surface area contributed by atoms with Gasteiger partial charge in [0.2, 0.25) is 0 Å². The van der Waals surface area contributed by atoms with Gasteiger partial charge in [0.05, 0.1) is 6.61 Å². The number of hydrogen-bond donors (Lipinski definition) is 2. The van der Waals surface area contributed by atoms with Gasteiger partial charge in [-0.15, -0.1) is 0 Å². The number of carbonyl (C=O) groups is 2. The van der Waals surface area contributed by atoms with E-state index >= 15 is 0 Å². The summed E-state index contributed by atoms with van der Waals surface area (Å²) in [6, 6.07) is -0.815. The Labute approximate surface area is 108 Å². The first kappa shape index (κ1) is 14.8. The Kier molecular flexibility index (Phi) is 5.95. The first-order valence-corrected chi connectivity index (χ1v) is 6.66. The molecule has 0 bridgehead atoms. The van der Waals surface area contributed by atoms with E-state index in [1.165, 1.54) is 0 Å². The second-order valence-electron chi connectivity index (χ2n) is 5.35. The average molecular weight is 257 g/mol. The third-order valence-electron chi connectivity index (χ3n) is 3.21. The summed E-state index contributed by atoms with van der Waals surface area (Å²) >= 11 is 0. The van der Waals surface area contributed by atoms with Crippen LogP contribution in [-0.4, -0.2) is 29.8 Å². The van der Waals surface area contributed by atoms with Crippen molar-refractivity contribution in [2.75, 3.05) is 6.61 Å². The van der Waals surface area contributed by atoms with E-state index in [1.807, 2.05) is 13.8 Å². The van der Waals surface area contributed by atoms with Gasteiger partial charge in [-0.25, -0.2) is 9.59 Å². The van der Waals surface area contributed by atoms with Crippen molar-refractivity contribution in [1.29, 1.82) is 0 Å². The molecule has 1 amide bonds. The van der Waals surface area contributed by atoms with E-state index in [1.54, 1.807) is 0 Å². The minimum Gasteiger partial charge on any atom is -0.480 e. The molecule has 0 aromatic rings. The van der Waals surface area contributed by atoms with E-state index in [-0.39, 0.29) is 11.8 Å². The summed E-state index contributed by atoms with van der Waals surface area (Å²) in [5.41, 5.74) is 0. The average Bonchev–Trinajstić information content (AvgIpc) is 2.34. The van der Waals surface area contributed by atoms with Crippen LogP contribution >= 0.6 is 0 Å². The molecule has 0 saturated heterocycles. The van der Waals surface area contributed by atoms with Crippen LogP contribution in [0.1, 0.15) is 46.0 Å². The van der Waals surface area contributed by atoms with Gasteiger partial charge in [-0.3, -0.25) is 0 Å². The Bertz CT molecular complexity index is 285. The number of carbonyl (C=O) groups excluding carboxylic acids is 1. The molecule has 1 aliphatic rings. The van der Waals surface area contributed by atoms with Crippen LogP contribution in [0.25, 0.3) is 0 Å². The summed E-state index contributed by atoms with van der Waals surface area (Å²) in [7, 11) is 0. The molecule has 1 aliphatic carbocycles. The number of aliphatic carboxylic acids is 1. The van der Waals surface area contributed by atoms with E-state index in [0.717, 1.165) is 32.1 Å². The van der Waals surface area contributed by atoms with Crippen LogP contribution in [0.5, 0.6) is 0 Å². The Morgan fingerprint density at radius 1 is 1.28 bits per heavy atom. The quantitative estimate of drug-likeness (QED) is 0.793. The van der Waals surface area contributed by atoms with Gasteiger partial charge in [0.15, 0.2) is 0 Å². The summed E-state index contributed by atoms with van der Waals surface area (Å²) in [4.78, 5) is 22.7. The molecule has 1 atom stereocenters. The van der Waals surface area contributed by atoms with Gasteiger partial charge < -0.3 is 15.2 Å². The van der Waals surface area contributed by atoms with Gasteiger partial charge in [0, 0.05) is 0 Å². The molecule has 5 nitrogen and oxygen atoms in total. The molecule has 2 N–H and O–H groups in total. The summed E-state index contributed by atoms with van der Waals surface area (Å²) < 4.78 is 4.96. The Morgan fingerprint density at radius 2 is 1.89 bits per heavy atom. The summed E-state index contributed by atoms with van der Waals surface area (Å²) in [5, 5.41) is 11.7. The second kappa shape index (κ2) is 7.24. The molecule has 0 spiro atoms. The lowest BCUT2D eigenvalue weighted by molar-refractivity contribution is -0.141. The minimum atomic E-state index is -0.969. The summed E-state index contributed by atoms with van der Waals surface area (Å²) in [6.07, 6.45) is 4.33. The highest BCUT2D eigenvalue weighted by Gasteiger charge is 2.31. The molecular formula is C13H23NO4. The normalized spacial score (nSPS) is 18.4. The number of ether oxygens (including phenoxy) is 1. The lowest BCUT2D eigenvalue weighted by Crippen LogP contribution is -2.46. The highest BCUT2D eigenvalue weighted by atomic mass is 16.5. The van der Waals surface area contributed by atoms with E-state index < -0.39 is 18.1 Å². The zero-order valence-corrected chi connectivity index (χ0v) is 11.1. The van der Waals surface area contributed by atoms with Crippen molar-refractivity contribution in [3.8, 4) is 0 Å². The molecular weight excluding hydrogens is 234 g/mol. The number of amides is 1. The lowest BCUT2D eigenvalue weighted by atomic mass is 9.84. The molecule has 1 saturated carbocycles. The smallest absolute Gasteiger partial charge is 0.407 e. The lowest BCUT2D eigenvalue weighted by Gasteiger charge is -2.27. The molecule has 0 heterocycles. The minimum absolute atomic E-state index is 0.0304. The Morgan fingerprint density at radius 3 is 2.39 bits per heavy atom. The number of carboxylic acids is 1. The monoisotopic (exact) mass is 257 g/mol. The SMILES string of the molecule is CC(C)COC(=O)NC(C(=O)O)C1CCCCC1. The zero-order chi connectivity index (χ0) is 13.5. The van der Waals surface area contributed by atoms with Crippen LogP contribution in [0.4, 0.5) is 4.79 Å². The fraction of sp³-hybridized carbons (Fsp3) is 0.846. The molecule has 18 heavy (non-hydrogen) atoms. The number of rotatable bonds is 5. The standard InChI is InChI=1S/C13H23NO4/c1-9(2)8-18-13(17)14-11(12(15)16)10-6-4-3-5-7-10/h9-11H,3-8H2,1-2H3,(H,14,17)(H,15,16). The van der Waals surface area contributed by atoms with Crippen LogP contribution in [-0.2, 0) is 9.53 Å². The number of hydrogen-bond acceptors (Lipinski definition) is 3. The number of alkyl carbamates (subject to hydrolysis) is 1. The maximum absolute atomic E-state index is 11.5. The van der Waals surface area contributed by atoms with Crippen molar-refractivity contribution in [3.05, 3.63) is 0 Å². The molecule has 1 unspecified atom stereocenters. The summed E-state index contributed by atoms with van der Waals surface area (Å²) in [5.74, 6) is -0.694. The van der Waals surface area contributed by atoms with Gasteiger partial charge in [0.1, 0.15) is 6.04 Å². The van der Waals surface area contributed by atoms with E-state index in [9.17, 15) is 14.7 Å². The van der Waals surface area contributed by atoms with Gasteiger partial charge in [-0.2, -0.15) is 0 Å².